The van der Waals surface area contributed by atoms with Crippen molar-refractivity contribution in [2.24, 2.45) is 11.1 Å². The first-order valence-electron chi connectivity index (χ1n) is 5.75. The zero-order chi connectivity index (χ0) is 12.3. The minimum Gasteiger partial charge on any atom is -0.356 e. The van der Waals surface area contributed by atoms with Gasteiger partial charge in [-0.15, -0.1) is 0 Å². The highest BCUT2D eigenvalue weighted by atomic mass is 15.2. The lowest BCUT2D eigenvalue weighted by Gasteiger charge is -2.36. The molecule has 0 aliphatic carbocycles. The molecule has 0 saturated heterocycles. The second-order valence-electron chi connectivity index (χ2n) is 5.34. The predicted molar refractivity (Wildman–Crippen MR) is 69.4 cm³/mol. The quantitative estimate of drug-likeness (QED) is 0.852. The smallest absolute Gasteiger partial charge is 0.128 e. The van der Waals surface area contributed by atoms with Crippen molar-refractivity contribution < 1.29 is 0 Å². The van der Waals surface area contributed by atoms with E-state index in [0.29, 0.717) is 12.6 Å². The van der Waals surface area contributed by atoms with Crippen LogP contribution >= 0.6 is 0 Å². The Kier molecular flexibility index (Phi) is 3.92. The van der Waals surface area contributed by atoms with Gasteiger partial charge in [0.05, 0.1) is 5.69 Å². The molecule has 0 aliphatic heterocycles. The molecule has 0 radical (unpaired) electrons. The van der Waals surface area contributed by atoms with Crippen molar-refractivity contribution in [3.63, 3.8) is 0 Å². The van der Waals surface area contributed by atoms with E-state index in [1.165, 1.54) is 0 Å². The number of hydrogen-bond donors (Lipinski definition) is 1. The first kappa shape index (κ1) is 13.0. The van der Waals surface area contributed by atoms with E-state index in [-0.39, 0.29) is 5.41 Å². The van der Waals surface area contributed by atoms with Gasteiger partial charge in [0.15, 0.2) is 0 Å². The summed E-state index contributed by atoms with van der Waals surface area (Å²) in [5.41, 5.74) is 6.77. The molecule has 1 unspecified atom stereocenters. The Morgan fingerprint density at radius 3 is 2.50 bits per heavy atom. The molecule has 1 atom stereocenters. The molecular weight excluding hydrogens is 198 g/mol. The molecule has 3 nitrogen and oxygen atoms in total. The van der Waals surface area contributed by atoms with Gasteiger partial charge in [-0.1, -0.05) is 26.8 Å². The van der Waals surface area contributed by atoms with Gasteiger partial charge in [0.2, 0.25) is 0 Å². The van der Waals surface area contributed by atoms with Crippen LogP contribution in [0.15, 0.2) is 18.2 Å². The maximum absolute atomic E-state index is 5.60. The van der Waals surface area contributed by atoms with Crippen LogP contribution in [-0.4, -0.2) is 18.1 Å². The molecule has 1 rings (SSSR count). The Morgan fingerprint density at radius 1 is 1.38 bits per heavy atom. The van der Waals surface area contributed by atoms with Gasteiger partial charge in [-0.2, -0.15) is 0 Å². The molecule has 0 fully saturated rings. The topological polar surface area (TPSA) is 42.1 Å². The van der Waals surface area contributed by atoms with Crippen molar-refractivity contribution in [3.05, 3.63) is 23.9 Å². The molecule has 3 heteroatoms. The molecule has 0 saturated carbocycles. The summed E-state index contributed by atoms with van der Waals surface area (Å²) >= 11 is 0. The number of rotatable bonds is 3. The summed E-state index contributed by atoms with van der Waals surface area (Å²) in [7, 11) is 2.08. The summed E-state index contributed by atoms with van der Waals surface area (Å²) in [6.45, 7) is 9.42. The monoisotopic (exact) mass is 221 g/mol. The Labute approximate surface area is 98.7 Å². The fourth-order valence-corrected chi connectivity index (χ4v) is 1.56. The molecule has 0 aromatic carbocycles. The third kappa shape index (κ3) is 2.95. The van der Waals surface area contributed by atoms with E-state index in [1.807, 2.05) is 18.2 Å². The van der Waals surface area contributed by atoms with Crippen molar-refractivity contribution in [2.75, 3.05) is 11.9 Å². The average molecular weight is 221 g/mol. The Bertz CT molecular complexity index is 341. The minimum atomic E-state index is 0.231. The zero-order valence-electron chi connectivity index (χ0n) is 11.0. The highest BCUT2D eigenvalue weighted by molar-refractivity contribution is 5.39. The predicted octanol–water partition coefficient (Wildman–Crippen LogP) is 2.41. The largest absolute Gasteiger partial charge is 0.356 e. The first-order valence-corrected chi connectivity index (χ1v) is 5.75. The van der Waals surface area contributed by atoms with Gasteiger partial charge in [0, 0.05) is 19.6 Å². The van der Waals surface area contributed by atoms with Crippen LogP contribution in [0.1, 0.15) is 33.4 Å². The van der Waals surface area contributed by atoms with Crippen molar-refractivity contribution in [1.29, 1.82) is 0 Å². The SMILES string of the molecule is CC(N(C)c1cccc(CN)n1)C(C)(C)C. The van der Waals surface area contributed by atoms with Crippen molar-refractivity contribution in [3.8, 4) is 0 Å². The average Bonchev–Trinajstić information content (AvgIpc) is 2.26. The molecule has 1 heterocycles. The van der Waals surface area contributed by atoms with Gasteiger partial charge in [-0.05, 0) is 24.5 Å². The van der Waals surface area contributed by atoms with E-state index < -0.39 is 0 Å². The van der Waals surface area contributed by atoms with Crippen LogP contribution in [0.25, 0.3) is 0 Å². The van der Waals surface area contributed by atoms with Crippen LogP contribution in [0.5, 0.6) is 0 Å². The molecule has 1 aromatic heterocycles. The summed E-state index contributed by atoms with van der Waals surface area (Å²) in [6.07, 6.45) is 0. The summed E-state index contributed by atoms with van der Waals surface area (Å²) in [6, 6.07) is 6.42. The molecular formula is C13H23N3. The van der Waals surface area contributed by atoms with Gasteiger partial charge in [0.25, 0.3) is 0 Å². The molecule has 0 bridgehead atoms. The highest BCUT2D eigenvalue weighted by Crippen LogP contribution is 2.26. The lowest BCUT2D eigenvalue weighted by molar-refractivity contribution is 0.328. The standard InChI is InChI=1S/C13H23N3/c1-10(13(2,3)4)16(5)12-8-6-7-11(9-14)15-12/h6-8,10H,9,14H2,1-5H3. The van der Waals surface area contributed by atoms with Crippen molar-refractivity contribution in [1.82, 2.24) is 4.98 Å². The Morgan fingerprint density at radius 2 is 2.00 bits per heavy atom. The van der Waals surface area contributed by atoms with Crippen LogP contribution in [-0.2, 0) is 6.54 Å². The number of hydrogen-bond acceptors (Lipinski definition) is 3. The Hall–Kier alpha value is -1.09. The van der Waals surface area contributed by atoms with Crippen LogP contribution in [0, 0.1) is 5.41 Å². The molecule has 0 spiro atoms. The molecule has 90 valence electrons. The highest BCUT2D eigenvalue weighted by Gasteiger charge is 2.24. The van der Waals surface area contributed by atoms with Crippen LogP contribution in [0.4, 0.5) is 5.82 Å². The van der Waals surface area contributed by atoms with Gasteiger partial charge in [-0.25, -0.2) is 4.98 Å². The third-order valence-corrected chi connectivity index (χ3v) is 3.20. The maximum Gasteiger partial charge on any atom is 0.128 e. The first-order chi connectivity index (χ1) is 7.36. The second kappa shape index (κ2) is 4.83. The zero-order valence-corrected chi connectivity index (χ0v) is 11.0. The van der Waals surface area contributed by atoms with Gasteiger partial charge in [-0.3, -0.25) is 0 Å². The van der Waals surface area contributed by atoms with Crippen LogP contribution < -0.4 is 10.6 Å². The van der Waals surface area contributed by atoms with Crippen LogP contribution in [0.2, 0.25) is 0 Å². The molecule has 0 aliphatic rings. The van der Waals surface area contributed by atoms with E-state index in [4.69, 9.17) is 5.73 Å². The summed E-state index contributed by atoms with van der Waals surface area (Å²) in [5.74, 6) is 0.991. The number of nitrogens with zero attached hydrogens (tertiary/aromatic N) is 2. The molecule has 0 amide bonds. The number of nitrogens with two attached hydrogens (primary N) is 1. The normalized spacial score (nSPS) is 13.6. The second-order valence-corrected chi connectivity index (χ2v) is 5.34. The van der Waals surface area contributed by atoms with E-state index in [0.717, 1.165) is 11.5 Å². The van der Waals surface area contributed by atoms with Crippen LogP contribution in [0.3, 0.4) is 0 Å². The van der Waals surface area contributed by atoms with Crippen molar-refractivity contribution in [2.45, 2.75) is 40.3 Å². The summed E-state index contributed by atoms with van der Waals surface area (Å²) in [5, 5.41) is 0. The fourth-order valence-electron chi connectivity index (χ4n) is 1.56. The fraction of sp³-hybridized carbons (Fsp3) is 0.615. The van der Waals surface area contributed by atoms with Gasteiger partial charge < -0.3 is 10.6 Å². The molecule has 1 aromatic rings. The van der Waals surface area contributed by atoms with E-state index >= 15 is 0 Å². The lowest BCUT2D eigenvalue weighted by atomic mass is 9.87. The minimum absolute atomic E-state index is 0.231. The van der Waals surface area contributed by atoms with Crippen molar-refractivity contribution >= 4 is 5.82 Å². The third-order valence-electron chi connectivity index (χ3n) is 3.20. The van der Waals surface area contributed by atoms with Gasteiger partial charge >= 0.3 is 0 Å². The lowest BCUT2D eigenvalue weighted by Crippen LogP contribution is -2.39. The van der Waals surface area contributed by atoms with E-state index in [2.05, 4.69) is 44.6 Å². The molecule has 2 N–H and O–H groups in total. The number of pyridine rings is 1. The Balaban J connectivity index is 2.91. The number of anilines is 1. The summed E-state index contributed by atoms with van der Waals surface area (Å²) in [4.78, 5) is 6.73. The maximum atomic E-state index is 5.60. The van der Waals surface area contributed by atoms with E-state index in [1.54, 1.807) is 0 Å². The van der Waals surface area contributed by atoms with Gasteiger partial charge in [0.1, 0.15) is 5.82 Å². The number of aromatic nitrogens is 1. The summed E-state index contributed by atoms with van der Waals surface area (Å²) < 4.78 is 0. The van der Waals surface area contributed by atoms with E-state index in [9.17, 15) is 0 Å². The molecule has 16 heavy (non-hydrogen) atoms.